The van der Waals surface area contributed by atoms with Crippen LogP contribution >= 0.6 is 0 Å². The van der Waals surface area contributed by atoms with Gasteiger partial charge in [-0.3, -0.25) is 4.79 Å². The smallest absolute Gasteiger partial charge is 0.189 e. The average molecular weight is 294 g/mol. The molecule has 5 nitrogen and oxygen atoms in total. The van der Waals surface area contributed by atoms with Gasteiger partial charge in [-0.15, -0.1) is 0 Å². The van der Waals surface area contributed by atoms with Crippen LogP contribution in [-0.2, 0) is 19.4 Å². The summed E-state index contributed by atoms with van der Waals surface area (Å²) < 4.78 is 30.4. The van der Waals surface area contributed by atoms with Gasteiger partial charge in [0.15, 0.2) is 15.6 Å². The SMILES string of the molecule is O=C1C=C2COC[C@H](O)[C@@H]2[C@H]1S(=O)(=O)c1ccccc1. The number of hydrogen-bond donors (Lipinski definition) is 1. The number of aliphatic hydroxyl groups excluding tert-OH is 1. The van der Waals surface area contributed by atoms with Crippen molar-refractivity contribution in [3.05, 3.63) is 42.0 Å². The molecular weight excluding hydrogens is 280 g/mol. The number of ether oxygens (including phenoxy) is 1. The van der Waals surface area contributed by atoms with E-state index in [4.69, 9.17) is 4.74 Å². The van der Waals surface area contributed by atoms with E-state index in [0.29, 0.717) is 5.57 Å². The lowest BCUT2D eigenvalue weighted by Gasteiger charge is -2.30. The highest BCUT2D eigenvalue weighted by atomic mass is 32.2. The Bertz CT molecular complexity index is 662. The highest BCUT2D eigenvalue weighted by Gasteiger charge is 2.49. The van der Waals surface area contributed by atoms with Gasteiger partial charge >= 0.3 is 0 Å². The molecule has 1 N–H and O–H groups in total. The summed E-state index contributed by atoms with van der Waals surface area (Å²) in [7, 11) is -3.81. The number of fused-ring (bicyclic) bond motifs is 1. The number of aliphatic hydroxyl groups is 1. The molecule has 2 aliphatic rings. The van der Waals surface area contributed by atoms with E-state index >= 15 is 0 Å². The summed E-state index contributed by atoms with van der Waals surface area (Å²) >= 11 is 0. The van der Waals surface area contributed by atoms with Crippen molar-refractivity contribution in [3.8, 4) is 0 Å². The van der Waals surface area contributed by atoms with E-state index in [9.17, 15) is 18.3 Å². The number of hydrogen-bond acceptors (Lipinski definition) is 5. The third kappa shape index (κ3) is 2.00. The van der Waals surface area contributed by atoms with Crippen molar-refractivity contribution in [3.63, 3.8) is 0 Å². The van der Waals surface area contributed by atoms with Gasteiger partial charge in [-0.05, 0) is 23.8 Å². The predicted octanol–water partition coefficient (Wildman–Crippen LogP) is 0.345. The lowest BCUT2D eigenvalue weighted by atomic mass is 9.93. The van der Waals surface area contributed by atoms with Gasteiger partial charge in [0.1, 0.15) is 5.25 Å². The molecule has 0 unspecified atom stereocenters. The summed E-state index contributed by atoms with van der Waals surface area (Å²) in [6.45, 7) is 0.254. The second kappa shape index (κ2) is 4.80. The second-order valence-corrected chi connectivity index (χ2v) is 7.08. The zero-order chi connectivity index (χ0) is 14.3. The summed E-state index contributed by atoms with van der Waals surface area (Å²) in [6, 6.07) is 7.86. The van der Waals surface area contributed by atoms with Crippen LogP contribution < -0.4 is 0 Å². The Morgan fingerprint density at radius 3 is 2.60 bits per heavy atom. The largest absolute Gasteiger partial charge is 0.390 e. The van der Waals surface area contributed by atoms with E-state index in [-0.39, 0.29) is 18.1 Å². The molecule has 0 spiro atoms. The highest BCUT2D eigenvalue weighted by molar-refractivity contribution is 7.93. The zero-order valence-corrected chi connectivity index (χ0v) is 11.4. The Hall–Kier alpha value is -1.50. The Morgan fingerprint density at radius 1 is 1.20 bits per heavy atom. The van der Waals surface area contributed by atoms with Crippen LogP contribution in [0, 0.1) is 5.92 Å². The van der Waals surface area contributed by atoms with Gasteiger partial charge in [-0.1, -0.05) is 18.2 Å². The quantitative estimate of drug-likeness (QED) is 0.851. The van der Waals surface area contributed by atoms with Crippen molar-refractivity contribution >= 4 is 15.6 Å². The fourth-order valence-electron chi connectivity index (χ4n) is 2.82. The molecule has 1 saturated heterocycles. The van der Waals surface area contributed by atoms with E-state index in [2.05, 4.69) is 0 Å². The van der Waals surface area contributed by atoms with Crippen LogP contribution in [0.15, 0.2) is 46.9 Å². The van der Waals surface area contributed by atoms with E-state index in [1.54, 1.807) is 18.2 Å². The molecule has 1 aliphatic carbocycles. The maximum atomic E-state index is 12.6. The van der Waals surface area contributed by atoms with Crippen LogP contribution in [0.5, 0.6) is 0 Å². The molecule has 1 aromatic rings. The number of carbonyl (C=O) groups is 1. The number of allylic oxidation sites excluding steroid dienone is 1. The summed E-state index contributed by atoms with van der Waals surface area (Å²) in [5.41, 5.74) is 0.568. The van der Waals surface area contributed by atoms with E-state index in [0.717, 1.165) is 0 Å². The molecule has 3 rings (SSSR count). The second-order valence-electron chi connectivity index (χ2n) is 5.01. The van der Waals surface area contributed by atoms with Crippen LogP contribution in [0.3, 0.4) is 0 Å². The molecule has 0 aromatic heterocycles. The van der Waals surface area contributed by atoms with E-state index in [1.165, 1.54) is 18.2 Å². The Kier molecular flexibility index (Phi) is 3.24. The normalized spacial score (nSPS) is 29.9. The standard InChI is InChI=1S/C14H14O5S/c15-11-6-9-7-19-8-12(16)13(9)14(11)20(17,18)10-4-2-1-3-5-10/h1-6,12-14,16H,7-8H2/t12-,13+,14-/m0/s1. The minimum absolute atomic E-state index is 0.0517. The lowest BCUT2D eigenvalue weighted by Crippen LogP contribution is -2.44. The summed E-state index contributed by atoms with van der Waals surface area (Å²) in [5, 5.41) is 8.76. The average Bonchev–Trinajstić information content (AvgIpc) is 2.78. The fraction of sp³-hybridized carbons (Fsp3) is 0.357. The maximum absolute atomic E-state index is 12.6. The number of carbonyl (C=O) groups excluding carboxylic acids is 1. The van der Waals surface area contributed by atoms with Crippen LogP contribution in [0.1, 0.15) is 0 Å². The van der Waals surface area contributed by atoms with Gasteiger partial charge in [0, 0.05) is 5.92 Å². The molecule has 1 aromatic carbocycles. The van der Waals surface area contributed by atoms with Crippen LogP contribution in [0.4, 0.5) is 0 Å². The molecule has 3 atom stereocenters. The van der Waals surface area contributed by atoms with Crippen LogP contribution in [0.25, 0.3) is 0 Å². The Labute approximate surface area is 116 Å². The molecule has 20 heavy (non-hydrogen) atoms. The van der Waals surface area contributed by atoms with Gasteiger partial charge in [-0.25, -0.2) is 8.42 Å². The summed E-state index contributed by atoms with van der Waals surface area (Å²) in [6.07, 6.45) is 0.336. The zero-order valence-electron chi connectivity index (χ0n) is 10.6. The first kappa shape index (κ1) is 13.5. The molecule has 0 bridgehead atoms. The third-order valence-corrected chi connectivity index (χ3v) is 5.86. The molecule has 1 aliphatic heterocycles. The first-order chi connectivity index (χ1) is 9.51. The molecule has 1 heterocycles. The van der Waals surface area contributed by atoms with Gasteiger partial charge in [0.2, 0.25) is 0 Å². The number of rotatable bonds is 2. The molecule has 0 amide bonds. The van der Waals surface area contributed by atoms with Gasteiger partial charge < -0.3 is 9.84 Å². The van der Waals surface area contributed by atoms with Crippen molar-refractivity contribution in [2.75, 3.05) is 13.2 Å². The molecular formula is C14H14O5S. The molecule has 1 fully saturated rings. The molecule has 106 valence electrons. The molecule has 0 radical (unpaired) electrons. The number of ketones is 1. The third-order valence-electron chi connectivity index (χ3n) is 3.74. The predicted molar refractivity (Wildman–Crippen MR) is 70.8 cm³/mol. The Morgan fingerprint density at radius 2 is 1.90 bits per heavy atom. The van der Waals surface area contributed by atoms with Crippen LogP contribution in [-0.4, -0.2) is 43.9 Å². The monoisotopic (exact) mass is 294 g/mol. The van der Waals surface area contributed by atoms with Crippen molar-refractivity contribution in [2.45, 2.75) is 16.2 Å². The molecule has 0 saturated carbocycles. The van der Waals surface area contributed by atoms with Crippen molar-refractivity contribution in [1.29, 1.82) is 0 Å². The number of benzene rings is 1. The first-order valence-electron chi connectivity index (χ1n) is 6.31. The molecule has 6 heteroatoms. The summed E-state index contributed by atoms with van der Waals surface area (Å²) in [5.74, 6) is -1.17. The number of sulfone groups is 1. The fourth-order valence-corrected chi connectivity index (χ4v) is 4.77. The maximum Gasteiger partial charge on any atom is 0.189 e. The van der Waals surface area contributed by atoms with Gasteiger partial charge in [-0.2, -0.15) is 0 Å². The van der Waals surface area contributed by atoms with E-state index in [1.807, 2.05) is 0 Å². The first-order valence-corrected chi connectivity index (χ1v) is 7.85. The Balaban J connectivity index is 2.04. The lowest BCUT2D eigenvalue weighted by molar-refractivity contribution is -0.115. The van der Waals surface area contributed by atoms with Gasteiger partial charge in [0.25, 0.3) is 0 Å². The highest BCUT2D eigenvalue weighted by Crippen LogP contribution is 2.37. The van der Waals surface area contributed by atoms with E-state index < -0.39 is 32.9 Å². The summed E-state index contributed by atoms with van der Waals surface area (Å²) in [4.78, 5) is 12.2. The van der Waals surface area contributed by atoms with Crippen molar-refractivity contribution in [1.82, 2.24) is 0 Å². The van der Waals surface area contributed by atoms with Gasteiger partial charge in [0.05, 0.1) is 24.2 Å². The van der Waals surface area contributed by atoms with Crippen molar-refractivity contribution < 1.29 is 23.1 Å². The topological polar surface area (TPSA) is 80.7 Å². The minimum Gasteiger partial charge on any atom is -0.390 e. The van der Waals surface area contributed by atoms with Crippen molar-refractivity contribution in [2.24, 2.45) is 5.92 Å². The van der Waals surface area contributed by atoms with Crippen LogP contribution in [0.2, 0.25) is 0 Å². The minimum atomic E-state index is -3.81.